The van der Waals surface area contributed by atoms with E-state index < -0.39 is 11.5 Å². The van der Waals surface area contributed by atoms with Gasteiger partial charge in [0.15, 0.2) is 0 Å². The highest BCUT2D eigenvalue weighted by molar-refractivity contribution is 7.20. The van der Waals surface area contributed by atoms with Crippen LogP contribution in [0.2, 0.25) is 0 Å². The Hall–Kier alpha value is -3.98. The van der Waals surface area contributed by atoms with Crippen LogP contribution in [0.3, 0.4) is 0 Å². The Labute approximate surface area is 179 Å². The molecule has 0 aliphatic heterocycles. The van der Waals surface area contributed by atoms with Gasteiger partial charge in [0.05, 0.1) is 23.0 Å². The summed E-state index contributed by atoms with van der Waals surface area (Å²) in [6, 6.07) is 15.9. The molecule has 0 unspecified atom stereocenters. The minimum atomic E-state index is -0.703. The lowest BCUT2D eigenvalue weighted by atomic mass is 10.2. The molecule has 8 nitrogen and oxygen atoms in total. The van der Waals surface area contributed by atoms with E-state index in [1.54, 1.807) is 36.1 Å². The number of aromatic nitrogens is 3. The first-order valence-electron chi connectivity index (χ1n) is 9.38. The molecule has 1 amide bonds. The molecule has 3 aromatic heterocycles. The highest BCUT2D eigenvalue weighted by Gasteiger charge is 2.18. The molecule has 0 atom stereocenters. The summed E-state index contributed by atoms with van der Waals surface area (Å²) < 4.78 is 13.0. The molecule has 0 saturated carbocycles. The number of fused-ring (bicyclic) bond motifs is 2. The molecule has 3 heterocycles. The summed E-state index contributed by atoms with van der Waals surface area (Å²) in [7, 11) is 1.61. The average molecular weight is 432 g/mol. The summed E-state index contributed by atoms with van der Waals surface area (Å²) in [6.07, 6.45) is 0. The number of methoxy groups -OCH3 is 1. The van der Waals surface area contributed by atoms with Crippen LogP contribution >= 0.6 is 11.3 Å². The highest BCUT2D eigenvalue weighted by atomic mass is 32.1. The van der Waals surface area contributed by atoms with Gasteiger partial charge in [-0.15, -0.1) is 0 Å². The van der Waals surface area contributed by atoms with Crippen LogP contribution in [0.1, 0.15) is 16.1 Å². The van der Waals surface area contributed by atoms with Crippen LogP contribution in [0.25, 0.3) is 26.3 Å². The summed E-state index contributed by atoms with van der Waals surface area (Å²) in [5.74, 6) is 0.556. The number of amides is 1. The van der Waals surface area contributed by atoms with Crippen molar-refractivity contribution in [2.45, 2.75) is 6.92 Å². The number of hydrogen-bond acceptors (Lipinski definition) is 7. The Kier molecular flexibility index (Phi) is 4.52. The van der Waals surface area contributed by atoms with E-state index in [9.17, 15) is 9.59 Å². The summed E-state index contributed by atoms with van der Waals surface area (Å²) in [6.45, 7) is 1.81. The standard InChI is InChI=1S/C22H16N4O4S/c1-12-9-19(24-20(27)15-10-13-5-3-4-6-17(13)30-21(15)28)26(25-12)22-23-16-8-7-14(29-2)11-18(16)31-22/h3-11H,1-2H3,(H,24,27). The zero-order valence-corrected chi connectivity index (χ0v) is 17.4. The van der Waals surface area contributed by atoms with Gasteiger partial charge in [0.2, 0.25) is 5.13 Å². The zero-order chi connectivity index (χ0) is 21.5. The molecule has 0 fully saturated rings. The second kappa shape index (κ2) is 7.37. The van der Waals surface area contributed by atoms with Crippen LogP contribution in [0.5, 0.6) is 5.75 Å². The van der Waals surface area contributed by atoms with E-state index in [0.717, 1.165) is 16.0 Å². The Balaban J connectivity index is 1.52. The Morgan fingerprint density at radius 1 is 1.16 bits per heavy atom. The van der Waals surface area contributed by atoms with Crippen molar-refractivity contribution in [1.82, 2.24) is 14.8 Å². The second-order valence-corrected chi connectivity index (χ2v) is 7.86. The van der Waals surface area contributed by atoms with E-state index in [2.05, 4.69) is 15.4 Å². The molecular formula is C22H16N4O4S. The molecule has 0 aliphatic rings. The van der Waals surface area contributed by atoms with Gasteiger partial charge in [-0.2, -0.15) is 9.78 Å². The Morgan fingerprint density at radius 2 is 2.00 bits per heavy atom. The van der Waals surface area contributed by atoms with E-state index in [4.69, 9.17) is 9.15 Å². The summed E-state index contributed by atoms with van der Waals surface area (Å²) in [4.78, 5) is 29.8. The van der Waals surface area contributed by atoms with Crippen molar-refractivity contribution in [2.24, 2.45) is 0 Å². The number of para-hydroxylation sites is 1. The van der Waals surface area contributed by atoms with Crippen LogP contribution in [0, 0.1) is 6.92 Å². The predicted octanol–water partition coefficient (Wildman–Crippen LogP) is 4.16. The zero-order valence-electron chi connectivity index (χ0n) is 16.6. The van der Waals surface area contributed by atoms with Crippen molar-refractivity contribution >= 4 is 44.2 Å². The van der Waals surface area contributed by atoms with Gasteiger partial charge in [0.25, 0.3) is 5.91 Å². The van der Waals surface area contributed by atoms with Gasteiger partial charge < -0.3 is 14.5 Å². The summed E-state index contributed by atoms with van der Waals surface area (Å²) >= 11 is 1.41. The number of ether oxygens (including phenoxy) is 1. The quantitative estimate of drug-likeness (QED) is 0.428. The fourth-order valence-corrected chi connectivity index (χ4v) is 4.21. The maximum atomic E-state index is 12.9. The highest BCUT2D eigenvalue weighted by Crippen LogP contribution is 2.30. The van der Waals surface area contributed by atoms with Gasteiger partial charge in [-0.25, -0.2) is 9.78 Å². The van der Waals surface area contributed by atoms with Crippen molar-refractivity contribution in [2.75, 3.05) is 12.4 Å². The normalized spacial score (nSPS) is 11.2. The first kappa shape index (κ1) is 19.0. The van der Waals surface area contributed by atoms with Gasteiger partial charge in [-0.3, -0.25) is 4.79 Å². The number of benzene rings is 2. The molecule has 5 aromatic rings. The van der Waals surface area contributed by atoms with Crippen molar-refractivity contribution in [3.8, 4) is 10.9 Å². The summed E-state index contributed by atoms with van der Waals surface area (Å²) in [5.41, 5.74) is 1.12. The number of carbonyl (C=O) groups excluding carboxylic acids is 1. The lowest BCUT2D eigenvalue weighted by Crippen LogP contribution is -2.22. The first-order valence-corrected chi connectivity index (χ1v) is 10.2. The number of nitrogens with zero attached hydrogens (tertiary/aromatic N) is 3. The molecule has 0 bridgehead atoms. The maximum absolute atomic E-state index is 12.9. The van der Waals surface area contributed by atoms with Gasteiger partial charge in [0, 0.05) is 11.5 Å². The van der Waals surface area contributed by atoms with Gasteiger partial charge >= 0.3 is 5.63 Å². The van der Waals surface area contributed by atoms with Crippen LogP contribution < -0.4 is 15.7 Å². The molecule has 154 valence electrons. The van der Waals surface area contributed by atoms with Gasteiger partial charge in [0.1, 0.15) is 22.7 Å². The number of nitrogens with one attached hydrogen (secondary N) is 1. The summed E-state index contributed by atoms with van der Waals surface area (Å²) in [5, 5.41) is 8.46. The third kappa shape index (κ3) is 3.44. The van der Waals surface area contributed by atoms with E-state index in [1.807, 2.05) is 31.2 Å². The van der Waals surface area contributed by atoms with Crippen molar-refractivity contribution < 1.29 is 13.9 Å². The third-order valence-corrected chi connectivity index (χ3v) is 5.72. The van der Waals surface area contributed by atoms with E-state index >= 15 is 0 Å². The van der Waals surface area contributed by atoms with Gasteiger partial charge in [-0.05, 0) is 37.3 Å². The van der Waals surface area contributed by atoms with Crippen LogP contribution in [-0.2, 0) is 0 Å². The Morgan fingerprint density at radius 3 is 2.84 bits per heavy atom. The maximum Gasteiger partial charge on any atom is 0.349 e. The van der Waals surface area contributed by atoms with Crippen molar-refractivity contribution in [3.63, 3.8) is 0 Å². The van der Waals surface area contributed by atoms with Crippen molar-refractivity contribution in [3.05, 3.63) is 76.3 Å². The molecule has 0 radical (unpaired) electrons. The lowest BCUT2D eigenvalue weighted by Gasteiger charge is -2.06. The molecule has 0 saturated heterocycles. The molecule has 2 aromatic carbocycles. The monoisotopic (exact) mass is 432 g/mol. The third-order valence-electron chi connectivity index (χ3n) is 4.72. The predicted molar refractivity (Wildman–Crippen MR) is 118 cm³/mol. The number of aryl methyl sites for hydroxylation is 1. The number of hydrogen-bond donors (Lipinski definition) is 1. The molecule has 5 rings (SSSR count). The number of rotatable bonds is 4. The SMILES string of the molecule is COc1ccc2nc(-n3nc(C)cc3NC(=O)c3cc4ccccc4oc3=O)sc2c1. The van der Waals surface area contributed by atoms with Gasteiger partial charge in [-0.1, -0.05) is 29.5 Å². The average Bonchev–Trinajstić information content (AvgIpc) is 3.35. The molecule has 1 N–H and O–H groups in total. The van der Waals surface area contributed by atoms with E-state index in [0.29, 0.717) is 27.6 Å². The van der Waals surface area contributed by atoms with Crippen LogP contribution in [0.4, 0.5) is 5.82 Å². The van der Waals surface area contributed by atoms with Crippen molar-refractivity contribution in [1.29, 1.82) is 0 Å². The number of anilines is 1. The van der Waals surface area contributed by atoms with Crippen LogP contribution in [-0.4, -0.2) is 27.8 Å². The molecule has 0 spiro atoms. The fourth-order valence-electron chi connectivity index (χ4n) is 3.25. The largest absolute Gasteiger partial charge is 0.497 e. The topological polar surface area (TPSA) is 99.2 Å². The van der Waals surface area contributed by atoms with E-state index in [-0.39, 0.29) is 5.56 Å². The second-order valence-electron chi connectivity index (χ2n) is 6.85. The Bertz CT molecular complexity index is 1520. The minimum absolute atomic E-state index is 0.0851. The van der Waals surface area contributed by atoms with E-state index in [1.165, 1.54) is 17.4 Å². The number of thiazole rings is 1. The molecule has 31 heavy (non-hydrogen) atoms. The fraction of sp³-hybridized carbons (Fsp3) is 0.0909. The van der Waals surface area contributed by atoms with Crippen LogP contribution in [0.15, 0.2) is 63.8 Å². The molecule has 9 heteroatoms. The number of carbonyl (C=O) groups is 1. The molecular weight excluding hydrogens is 416 g/mol. The minimum Gasteiger partial charge on any atom is -0.497 e. The molecule has 0 aliphatic carbocycles. The smallest absolute Gasteiger partial charge is 0.349 e. The lowest BCUT2D eigenvalue weighted by molar-refractivity contribution is 0.102. The first-order chi connectivity index (χ1) is 15.0.